The van der Waals surface area contributed by atoms with Gasteiger partial charge < -0.3 is 15.6 Å². The van der Waals surface area contributed by atoms with Gasteiger partial charge in [-0.3, -0.25) is 0 Å². The molecule has 1 atom stereocenters. The Morgan fingerprint density at radius 2 is 2.54 bits per heavy atom. The summed E-state index contributed by atoms with van der Waals surface area (Å²) in [6.07, 6.45) is 0.0164. The van der Waals surface area contributed by atoms with Crippen molar-refractivity contribution >= 4 is 11.3 Å². The molecule has 0 spiro atoms. The number of nitrogens with zero attached hydrogens (tertiary/aromatic N) is 1. The lowest BCUT2D eigenvalue weighted by Crippen LogP contribution is -2.07. The van der Waals surface area contributed by atoms with Crippen LogP contribution in [-0.4, -0.2) is 23.7 Å². The van der Waals surface area contributed by atoms with Crippen molar-refractivity contribution < 1.29 is 9.84 Å². The normalized spacial score (nSPS) is 13.2. The first-order valence-electron chi connectivity index (χ1n) is 4.09. The lowest BCUT2D eigenvalue weighted by Gasteiger charge is -2.04. The maximum absolute atomic E-state index is 9.53. The van der Waals surface area contributed by atoms with E-state index in [2.05, 4.69) is 4.98 Å². The van der Waals surface area contributed by atoms with Crippen molar-refractivity contribution in [1.29, 1.82) is 0 Å². The Balaban J connectivity index is 2.56. The Morgan fingerprint density at radius 3 is 3.15 bits per heavy atom. The predicted molar refractivity (Wildman–Crippen MR) is 51.5 cm³/mol. The standard InChI is InChI=1S/C8H14N2O2S/c1-12-4-8-10-6(5-13-8)7(11)2-3-9/h5,7,11H,2-4,9H2,1H3/t7-/m0/s1. The van der Waals surface area contributed by atoms with E-state index in [4.69, 9.17) is 10.5 Å². The van der Waals surface area contributed by atoms with Crippen LogP contribution in [0.2, 0.25) is 0 Å². The minimum absolute atomic E-state index is 0.471. The molecular formula is C8H14N2O2S. The van der Waals surface area contributed by atoms with Crippen LogP contribution in [-0.2, 0) is 11.3 Å². The third-order valence-corrected chi connectivity index (χ3v) is 2.46. The summed E-state index contributed by atoms with van der Waals surface area (Å²) in [5, 5.41) is 12.3. The fraction of sp³-hybridized carbons (Fsp3) is 0.625. The van der Waals surface area contributed by atoms with Crippen LogP contribution in [0.3, 0.4) is 0 Å². The van der Waals surface area contributed by atoms with Gasteiger partial charge in [0.15, 0.2) is 0 Å². The highest BCUT2D eigenvalue weighted by Gasteiger charge is 2.10. The number of methoxy groups -OCH3 is 1. The van der Waals surface area contributed by atoms with E-state index in [0.29, 0.717) is 25.3 Å². The topological polar surface area (TPSA) is 68.4 Å². The molecule has 13 heavy (non-hydrogen) atoms. The number of aromatic nitrogens is 1. The Kier molecular flexibility index (Phi) is 4.31. The second-order valence-electron chi connectivity index (χ2n) is 2.69. The zero-order valence-electron chi connectivity index (χ0n) is 7.56. The molecule has 0 radical (unpaired) electrons. The number of aliphatic hydroxyl groups excluding tert-OH is 1. The molecule has 1 rings (SSSR count). The van der Waals surface area contributed by atoms with Crippen LogP contribution in [0.5, 0.6) is 0 Å². The average molecular weight is 202 g/mol. The number of ether oxygens (including phenoxy) is 1. The molecule has 1 aromatic heterocycles. The van der Waals surface area contributed by atoms with Crippen LogP contribution in [0.25, 0.3) is 0 Å². The van der Waals surface area contributed by atoms with E-state index in [1.54, 1.807) is 7.11 Å². The van der Waals surface area contributed by atoms with Crippen molar-refractivity contribution in [3.8, 4) is 0 Å². The van der Waals surface area contributed by atoms with Gasteiger partial charge in [-0.2, -0.15) is 0 Å². The Morgan fingerprint density at radius 1 is 1.77 bits per heavy atom. The lowest BCUT2D eigenvalue weighted by molar-refractivity contribution is 0.163. The second kappa shape index (κ2) is 5.29. The number of hydrogen-bond donors (Lipinski definition) is 2. The van der Waals surface area contributed by atoms with E-state index in [9.17, 15) is 5.11 Å². The zero-order valence-corrected chi connectivity index (χ0v) is 8.38. The predicted octanol–water partition coefficient (Wildman–Crippen LogP) is 0.672. The van der Waals surface area contributed by atoms with Gasteiger partial charge in [0.2, 0.25) is 0 Å². The third-order valence-electron chi connectivity index (χ3n) is 1.62. The van der Waals surface area contributed by atoms with Crippen LogP contribution >= 0.6 is 11.3 Å². The molecule has 0 saturated carbocycles. The Labute approximate surface area is 81.4 Å². The first-order valence-corrected chi connectivity index (χ1v) is 4.97. The van der Waals surface area contributed by atoms with Gasteiger partial charge in [0, 0.05) is 12.5 Å². The summed E-state index contributed by atoms with van der Waals surface area (Å²) in [4.78, 5) is 4.21. The molecule has 0 amide bonds. The van der Waals surface area contributed by atoms with Crippen LogP contribution in [0.15, 0.2) is 5.38 Å². The largest absolute Gasteiger partial charge is 0.387 e. The van der Waals surface area contributed by atoms with Gasteiger partial charge in [-0.15, -0.1) is 11.3 Å². The van der Waals surface area contributed by atoms with Gasteiger partial charge in [-0.1, -0.05) is 0 Å². The van der Waals surface area contributed by atoms with E-state index in [1.807, 2.05) is 5.38 Å². The fourth-order valence-corrected chi connectivity index (χ4v) is 1.78. The van der Waals surface area contributed by atoms with E-state index in [0.717, 1.165) is 5.01 Å². The summed E-state index contributed by atoms with van der Waals surface area (Å²) in [6.45, 7) is 0.971. The van der Waals surface area contributed by atoms with E-state index >= 15 is 0 Å². The Bertz CT molecular complexity index is 252. The van der Waals surface area contributed by atoms with Gasteiger partial charge in [-0.25, -0.2) is 4.98 Å². The van der Waals surface area contributed by atoms with E-state index in [-0.39, 0.29) is 0 Å². The first kappa shape index (κ1) is 10.6. The molecule has 0 unspecified atom stereocenters. The molecule has 0 aliphatic carbocycles. The highest BCUT2D eigenvalue weighted by atomic mass is 32.1. The summed E-state index contributed by atoms with van der Waals surface area (Å²) in [7, 11) is 1.62. The molecular weight excluding hydrogens is 188 g/mol. The molecule has 3 N–H and O–H groups in total. The van der Waals surface area contributed by atoms with Crippen LogP contribution in [0, 0.1) is 0 Å². The molecule has 1 heterocycles. The highest BCUT2D eigenvalue weighted by molar-refractivity contribution is 7.09. The molecule has 0 saturated heterocycles. The zero-order chi connectivity index (χ0) is 9.68. The van der Waals surface area contributed by atoms with Gasteiger partial charge in [0.05, 0.1) is 18.4 Å². The highest BCUT2D eigenvalue weighted by Crippen LogP contribution is 2.19. The van der Waals surface area contributed by atoms with Crippen LogP contribution in [0.1, 0.15) is 23.2 Å². The summed E-state index contributed by atoms with van der Waals surface area (Å²) < 4.78 is 4.92. The number of rotatable bonds is 5. The number of nitrogens with two attached hydrogens (primary N) is 1. The molecule has 0 aromatic carbocycles. The second-order valence-corrected chi connectivity index (χ2v) is 3.63. The molecule has 5 heteroatoms. The smallest absolute Gasteiger partial charge is 0.119 e. The number of aliphatic hydroxyl groups is 1. The summed E-state index contributed by atoms with van der Waals surface area (Å²) >= 11 is 1.49. The van der Waals surface area contributed by atoms with E-state index < -0.39 is 6.10 Å². The van der Waals surface area contributed by atoms with Gasteiger partial charge in [0.25, 0.3) is 0 Å². The molecule has 74 valence electrons. The van der Waals surface area contributed by atoms with Crippen molar-refractivity contribution in [2.24, 2.45) is 5.73 Å². The van der Waals surface area contributed by atoms with Crippen molar-refractivity contribution in [1.82, 2.24) is 4.98 Å². The Hall–Kier alpha value is -0.490. The monoisotopic (exact) mass is 202 g/mol. The third kappa shape index (κ3) is 3.04. The lowest BCUT2D eigenvalue weighted by atomic mass is 10.2. The van der Waals surface area contributed by atoms with Crippen molar-refractivity contribution in [3.05, 3.63) is 16.1 Å². The van der Waals surface area contributed by atoms with Crippen LogP contribution < -0.4 is 5.73 Å². The average Bonchev–Trinajstić information content (AvgIpc) is 2.54. The van der Waals surface area contributed by atoms with Crippen LogP contribution in [0.4, 0.5) is 0 Å². The summed E-state index contributed by atoms with van der Waals surface area (Å²) in [5.41, 5.74) is 6.02. The molecule has 0 aliphatic heterocycles. The first-order chi connectivity index (χ1) is 6.27. The van der Waals surface area contributed by atoms with Crippen molar-refractivity contribution in [2.75, 3.05) is 13.7 Å². The number of thiazole rings is 1. The molecule has 0 fully saturated rings. The molecule has 0 aliphatic rings. The minimum atomic E-state index is -0.535. The number of hydrogen-bond acceptors (Lipinski definition) is 5. The van der Waals surface area contributed by atoms with E-state index in [1.165, 1.54) is 11.3 Å². The summed E-state index contributed by atoms with van der Waals surface area (Å²) in [6, 6.07) is 0. The quantitative estimate of drug-likeness (QED) is 0.736. The summed E-state index contributed by atoms with van der Waals surface area (Å²) in [5.74, 6) is 0. The maximum Gasteiger partial charge on any atom is 0.119 e. The maximum atomic E-state index is 9.53. The van der Waals surface area contributed by atoms with Crippen molar-refractivity contribution in [3.63, 3.8) is 0 Å². The molecule has 1 aromatic rings. The minimum Gasteiger partial charge on any atom is -0.387 e. The van der Waals surface area contributed by atoms with Gasteiger partial charge >= 0.3 is 0 Å². The van der Waals surface area contributed by atoms with Crippen molar-refractivity contribution in [2.45, 2.75) is 19.1 Å². The van der Waals surface area contributed by atoms with Gasteiger partial charge in [-0.05, 0) is 13.0 Å². The SMILES string of the molecule is COCc1nc([C@@H](O)CCN)cs1. The molecule has 0 bridgehead atoms. The fourth-order valence-electron chi connectivity index (χ4n) is 0.974. The van der Waals surface area contributed by atoms with Gasteiger partial charge in [0.1, 0.15) is 5.01 Å². The molecule has 4 nitrogen and oxygen atoms in total.